The molecule has 0 fully saturated rings. The van der Waals surface area contributed by atoms with E-state index in [4.69, 9.17) is 11.6 Å². The first kappa shape index (κ1) is 16.0. The van der Waals surface area contributed by atoms with E-state index in [2.05, 4.69) is 9.71 Å². The Labute approximate surface area is 143 Å². The molecule has 0 amide bonds. The van der Waals surface area contributed by atoms with Crippen LogP contribution >= 0.6 is 22.9 Å². The van der Waals surface area contributed by atoms with Crippen molar-refractivity contribution in [2.75, 3.05) is 4.72 Å². The Morgan fingerprint density at radius 2 is 1.91 bits per heavy atom. The Morgan fingerprint density at radius 1 is 1.17 bits per heavy atom. The average molecular weight is 365 g/mol. The first-order chi connectivity index (χ1) is 10.9. The molecule has 0 aliphatic heterocycles. The Kier molecular flexibility index (Phi) is 4.39. The number of benzene rings is 2. The molecule has 0 aliphatic carbocycles. The van der Waals surface area contributed by atoms with Crippen LogP contribution in [0.4, 0.5) is 5.69 Å². The third-order valence-electron chi connectivity index (χ3n) is 3.07. The van der Waals surface area contributed by atoms with Gasteiger partial charge in [0.1, 0.15) is 0 Å². The molecule has 7 heteroatoms. The fourth-order valence-corrected chi connectivity index (χ4v) is 3.90. The van der Waals surface area contributed by atoms with Gasteiger partial charge >= 0.3 is 0 Å². The maximum atomic E-state index is 12.1. The van der Waals surface area contributed by atoms with Crippen LogP contribution < -0.4 is 4.72 Å². The van der Waals surface area contributed by atoms with E-state index >= 15 is 0 Å². The number of thiazole rings is 1. The molecular weight excluding hydrogens is 352 g/mol. The molecule has 1 heterocycles. The van der Waals surface area contributed by atoms with Gasteiger partial charge in [0.15, 0.2) is 0 Å². The van der Waals surface area contributed by atoms with Gasteiger partial charge in [-0.05, 0) is 48.9 Å². The number of aryl methyl sites for hydroxylation is 1. The quantitative estimate of drug-likeness (QED) is 0.731. The topological polar surface area (TPSA) is 59.1 Å². The first-order valence-electron chi connectivity index (χ1n) is 6.75. The molecule has 0 saturated heterocycles. The zero-order valence-electron chi connectivity index (χ0n) is 12.2. The summed E-state index contributed by atoms with van der Waals surface area (Å²) in [5, 5.41) is 2.69. The molecule has 0 aliphatic rings. The van der Waals surface area contributed by atoms with E-state index in [1.165, 1.54) is 17.4 Å². The van der Waals surface area contributed by atoms with E-state index in [0.29, 0.717) is 10.7 Å². The third kappa shape index (κ3) is 4.10. The molecule has 4 nitrogen and oxygen atoms in total. The van der Waals surface area contributed by atoms with E-state index in [-0.39, 0.29) is 0 Å². The van der Waals surface area contributed by atoms with Gasteiger partial charge in [0.2, 0.25) is 0 Å². The smallest absolute Gasteiger partial charge is 0.255 e. The SMILES string of the molecule is Cc1nc2ccc(NS(=O)(=O)/C=C/c3ccc(Cl)cc3)cc2s1. The highest BCUT2D eigenvalue weighted by Crippen LogP contribution is 2.25. The summed E-state index contributed by atoms with van der Waals surface area (Å²) < 4.78 is 27.8. The Morgan fingerprint density at radius 3 is 2.65 bits per heavy atom. The standard InChI is InChI=1S/C16H13ClN2O2S2/c1-11-18-15-7-6-14(10-16(15)22-11)19-23(20,21)9-8-12-2-4-13(17)5-3-12/h2-10,19H,1H3/b9-8+. The molecule has 118 valence electrons. The van der Waals surface area contributed by atoms with Crippen LogP contribution in [0.1, 0.15) is 10.6 Å². The van der Waals surface area contributed by atoms with Crippen LogP contribution in [0.5, 0.6) is 0 Å². The zero-order chi connectivity index (χ0) is 16.4. The number of halogens is 1. The van der Waals surface area contributed by atoms with Crippen molar-refractivity contribution < 1.29 is 8.42 Å². The molecule has 0 atom stereocenters. The van der Waals surface area contributed by atoms with E-state index in [9.17, 15) is 8.42 Å². The van der Waals surface area contributed by atoms with Gasteiger partial charge in [-0.15, -0.1) is 11.3 Å². The highest BCUT2D eigenvalue weighted by molar-refractivity contribution is 7.95. The van der Waals surface area contributed by atoms with Crippen LogP contribution in [0, 0.1) is 6.92 Å². The van der Waals surface area contributed by atoms with Crippen molar-refractivity contribution in [3.8, 4) is 0 Å². The lowest BCUT2D eigenvalue weighted by Gasteiger charge is -2.04. The maximum absolute atomic E-state index is 12.1. The predicted octanol–water partition coefficient (Wildman–Crippen LogP) is 4.67. The molecule has 1 aromatic heterocycles. The summed E-state index contributed by atoms with van der Waals surface area (Å²) >= 11 is 7.33. The number of hydrogen-bond donors (Lipinski definition) is 1. The summed E-state index contributed by atoms with van der Waals surface area (Å²) in [4.78, 5) is 4.35. The lowest BCUT2D eigenvalue weighted by atomic mass is 10.2. The van der Waals surface area contributed by atoms with Crippen molar-refractivity contribution in [1.82, 2.24) is 4.98 Å². The van der Waals surface area contributed by atoms with Crippen LogP contribution in [0.15, 0.2) is 47.9 Å². The van der Waals surface area contributed by atoms with Crippen molar-refractivity contribution in [2.45, 2.75) is 6.92 Å². The highest BCUT2D eigenvalue weighted by atomic mass is 35.5. The van der Waals surface area contributed by atoms with E-state index in [0.717, 1.165) is 26.2 Å². The number of hydrogen-bond acceptors (Lipinski definition) is 4. The van der Waals surface area contributed by atoms with Gasteiger partial charge in [-0.1, -0.05) is 23.7 Å². The van der Waals surface area contributed by atoms with Crippen LogP contribution in [0.2, 0.25) is 5.02 Å². The normalized spacial score (nSPS) is 12.1. The second-order valence-corrected chi connectivity index (χ2v) is 8.15. The van der Waals surface area contributed by atoms with Crippen molar-refractivity contribution >= 4 is 54.9 Å². The lowest BCUT2D eigenvalue weighted by molar-refractivity contribution is 0.609. The zero-order valence-corrected chi connectivity index (χ0v) is 14.5. The number of nitrogens with one attached hydrogen (secondary N) is 1. The summed E-state index contributed by atoms with van der Waals surface area (Å²) in [6, 6.07) is 12.2. The number of nitrogens with zero attached hydrogens (tertiary/aromatic N) is 1. The second kappa shape index (κ2) is 6.31. The second-order valence-electron chi connectivity index (χ2n) is 4.92. The van der Waals surface area contributed by atoms with E-state index < -0.39 is 10.0 Å². The molecule has 0 radical (unpaired) electrons. The third-order valence-corrected chi connectivity index (χ3v) is 5.27. The predicted molar refractivity (Wildman–Crippen MR) is 97.4 cm³/mol. The Bertz CT molecular complexity index is 977. The monoisotopic (exact) mass is 364 g/mol. The van der Waals surface area contributed by atoms with Gasteiger partial charge in [-0.3, -0.25) is 4.72 Å². The van der Waals surface area contributed by atoms with Gasteiger partial charge < -0.3 is 0 Å². The summed E-state index contributed by atoms with van der Waals surface area (Å²) in [6.45, 7) is 1.92. The minimum atomic E-state index is -3.58. The molecular formula is C16H13ClN2O2S2. The van der Waals surface area contributed by atoms with Gasteiger partial charge in [-0.25, -0.2) is 13.4 Å². The first-order valence-corrected chi connectivity index (χ1v) is 9.49. The molecule has 3 aromatic rings. The Balaban J connectivity index is 1.80. The highest BCUT2D eigenvalue weighted by Gasteiger charge is 2.08. The van der Waals surface area contributed by atoms with Crippen molar-refractivity contribution in [2.24, 2.45) is 0 Å². The van der Waals surface area contributed by atoms with Crippen LogP contribution in [-0.4, -0.2) is 13.4 Å². The van der Waals surface area contributed by atoms with Gasteiger partial charge in [0.25, 0.3) is 10.0 Å². The Hall–Kier alpha value is -1.89. The van der Waals surface area contributed by atoms with Crippen molar-refractivity contribution in [3.63, 3.8) is 0 Å². The fraction of sp³-hybridized carbons (Fsp3) is 0.0625. The van der Waals surface area contributed by atoms with Crippen molar-refractivity contribution in [3.05, 3.63) is 63.5 Å². The lowest BCUT2D eigenvalue weighted by Crippen LogP contribution is -2.08. The van der Waals surface area contributed by atoms with E-state index in [1.54, 1.807) is 42.5 Å². The molecule has 2 aromatic carbocycles. The summed E-state index contributed by atoms with van der Waals surface area (Å²) in [5.74, 6) is 0. The minimum absolute atomic E-state index is 0.516. The maximum Gasteiger partial charge on any atom is 0.255 e. The number of sulfonamides is 1. The van der Waals surface area contributed by atoms with Crippen LogP contribution in [0.3, 0.4) is 0 Å². The molecule has 3 rings (SSSR count). The summed E-state index contributed by atoms with van der Waals surface area (Å²) in [7, 11) is -3.58. The van der Waals surface area contributed by atoms with E-state index in [1.807, 2.05) is 6.92 Å². The number of fused-ring (bicyclic) bond motifs is 1. The molecule has 23 heavy (non-hydrogen) atoms. The molecule has 1 N–H and O–H groups in total. The van der Waals surface area contributed by atoms with Gasteiger partial charge in [0, 0.05) is 5.02 Å². The number of anilines is 1. The summed E-state index contributed by atoms with van der Waals surface area (Å²) in [5.41, 5.74) is 2.14. The molecule has 0 spiro atoms. The number of rotatable bonds is 4. The minimum Gasteiger partial charge on any atom is -0.280 e. The largest absolute Gasteiger partial charge is 0.280 e. The van der Waals surface area contributed by atoms with Crippen molar-refractivity contribution in [1.29, 1.82) is 0 Å². The fourth-order valence-electron chi connectivity index (χ4n) is 2.04. The number of aromatic nitrogens is 1. The van der Waals surface area contributed by atoms with Gasteiger partial charge in [-0.2, -0.15) is 0 Å². The molecule has 0 bridgehead atoms. The molecule has 0 saturated carbocycles. The van der Waals surface area contributed by atoms with Crippen LogP contribution in [0.25, 0.3) is 16.3 Å². The van der Waals surface area contributed by atoms with Gasteiger partial charge in [0.05, 0.1) is 26.3 Å². The van der Waals surface area contributed by atoms with Crippen LogP contribution in [-0.2, 0) is 10.0 Å². The summed E-state index contributed by atoms with van der Waals surface area (Å²) in [6.07, 6.45) is 1.52. The average Bonchev–Trinajstić information content (AvgIpc) is 2.86. The molecule has 0 unspecified atom stereocenters.